The molecule has 0 radical (unpaired) electrons. The quantitative estimate of drug-likeness (QED) is 0.551. The van der Waals surface area contributed by atoms with Gasteiger partial charge in [0.25, 0.3) is 5.91 Å². The van der Waals surface area contributed by atoms with Crippen LogP contribution in [-0.4, -0.2) is 63.0 Å². The first kappa shape index (κ1) is 21.1. The molecular formula is C23H24BrN5O3. The van der Waals surface area contributed by atoms with E-state index in [4.69, 9.17) is 14.6 Å². The van der Waals surface area contributed by atoms with Crippen molar-refractivity contribution < 1.29 is 14.3 Å². The summed E-state index contributed by atoms with van der Waals surface area (Å²) in [4.78, 5) is 24.1. The summed E-state index contributed by atoms with van der Waals surface area (Å²) in [5.74, 6) is 1.33. The van der Waals surface area contributed by atoms with Crippen LogP contribution in [0, 0.1) is 0 Å². The molecular weight excluding hydrogens is 474 g/mol. The molecule has 1 fully saturated rings. The number of halogens is 1. The zero-order valence-corrected chi connectivity index (χ0v) is 19.8. The van der Waals surface area contributed by atoms with Gasteiger partial charge in [-0.1, -0.05) is 0 Å². The molecule has 1 saturated heterocycles. The van der Waals surface area contributed by atoms with Gasteiger partial charge in [-0.15, -0.1) is 0 Å². The van der Waals surface area contributed by atoms with E-state index in [2.05, 4.69) is 25.9 Å². The number of ether oxygens (including phenoxy) is 2. The Morgan fingerprint density at radius 2 is 2.12 bits per heavy atom. The molecule has 32 heavy (non-hydrogen) atoms. The molecule has 1 aromatic carbocycles. The summed E-state index contributed by atoms with van der Waals surface area (Å²) in [7, 11) is 1.66. The van der Waals surface area contributed by atoms with Gasteiger partial charge in [-0.3, -0.25) is 4.79 Å². The highest BCUT2D eigenvalue weighted by Crippen LogP contribution is 2.41. The summed E-state index contributed by atoms with van der Waals surface area (Å²) in [5, 5.41) is 4.82. The van der Waals surface area contributed by atoms with E-state index in [9.17, 15) is 4.79 Å². The van der Waals surface area contributed by atoms with Gasteiger partial charge < -0.3 is 14.4 Å². The summed E-state index contributed by atoms with van der Waals surface area (Å²) in [5.41, 5.74) is 4.09. The van der Waals surface area contributed by atoms with Crippen LogP contribution in [0.15, 0.2) is 35.2 Å². The smallest absolute Gasteiger partial charge is 0.275 e. The minimum atomic E-state index is -0.399. The maximum atomic E-state index is 13.7. The van der Waals surface area contributed by atoms with E-state index in [-0.39, 0.29) is 5.91 Å². The van der Waals surface area contributed by atoms with Gasteiger partial charge in [-0.25, -0.2) is 14.6 Å². The highest BCUT2D eigenvalue weighted by atomic mass is 79.9. The van der Waals surface area contributed by atoms with Gasteiger partial charge in [0.15, 0.2) is 11.5 Å². The van der Waals surface area contributed by atoms with Crippen LogP contribution in [0.3, 0.4) is 0 Å². The largest absolute Gasteiger partial charge is 0.496 e. The number of aryl methyl sites for hydroxylation is 1. The number of rotatable bonds is 3. The predicted molar refractivity (Wildman–Crippen MR) is 122 cm³/mol. The summed E-state index contributed by atoms with van der Waals surface area (Å²) in [6.07, 6.45) is 4.68. The normalized spacial score (nSPS) is 16.9. The van der Waals surface area contributed by atoms with Crippen molar-refractivity contribution in [2.75, 3.05) is 26.9 Å². The van der Waals surface area contributed by atoms with E-state index < -0.39 is 5.54 Å². The lowest BCUT2D eigenvalue weighted by Crippen LogP contribution is -2.55. The SMILES string of the molecule is COc1cc2c(cc1Br)-c1c(c(C(=O)N3CCOCC3(C)C)nn1-c1ccncn1)CC2. The first-order valence-electron chi connectivity index (χ1n) is 10.6. The average molecular weight is 498 g/mol. The lowest BCUT2D eigenvalue weighted by atomic mass is 9.88. The van der Waals surface area contributed by atoms with Gasteiger partial charge in [0, 0.05) is 29.9 Å². The van der Waals surface area contributed by atoms with Crippen LogP contribution in [0.25, 0.3) is 17.1 Å². The molecule has 1 aliphatic heterocycles. The molecule has 0 bridgehead atoms. The highest BCUT2D eigenvalue weighted by Gasteiger charge is 2.38. The van der Waals surface area contributed by atoms with Crippen molar-refractivity contribution in [3.05, 3.63) is 52.0 Å². The van der Waals surface area contributed by atoms with E-state index in [1.807, 2.05) is 30.9 Å². The number of aromatic nitrogens is 4. The molecule has 3 aromatic rings. The summed E-state index contributed by atoms with van der Waals surface area (Å²) in [6, 6.07) is 5.89. The number of amides is 1. The van der Waals surface area contributed by atoms with Gasteiger partial charge in [-0.05, 0) is 60.3 Å². The molecule has 3 heterocycles. The van der Waals surface area contributed by atoms with E-state index >= 15 is 0 Å². The van der Waals surface area contributed by atoms with E-state index in [0.29, 0.717) is 37.7 Å². The van der Waals surface area contributed by atoms with Crippen molar-refractivity contribution >= 4 is 21.8 Å². The number of fused-ring (bicyclic) bond motifs is 3. The van der Waals surface area contributed by atoms with Gasteiger partial charge in [0.2, 0.25) is 0 Å². The number of hydrogen-bond acceptors (Lipinski definition) is 6. The number of methoxy groups -OCH3 is 1. The molecule has 1 amide bonds. The minimum Gasteiger partial charge on any atom is -0.496 e. The molecule has 0 N–H and O–H groups in total. The lowest BCUT2D eigenvalue weighted by molar-refractivity contribution is -0.0373. The van der Waals surface area contributed by atoms with Crippen LogP contribution in [0.5, 0.6) is 5.75 Å². The molecule has 0 unspecified atom stereocenters. The maximum Gasteiger partial charge on any atom is 0.275 e. The second-order valence-electron chi connectivity index (χ2n) is 8.62. The van der Waals surface area contributed by atoms with E-state index in [0.717, 1.165) is 39.0 Å². The third kappa shape index (κ3) is 3.40. The van der Waals surface area contributed by atoms with Gasteiger partial charge in [0.1, 0.15) is 12.1 Å². The third-order valence-electron chi connectivity index (χ3n) is 6.14. The fraction of sp³-hybridized carbons (Fsp3) is 0.391. The standard InChI is InChI=1S/C23H24BrN5O3/c1-23(2)12-32-9-8-28(23)22(30)20-15-5-4-14-10-18(31-3)17(24)11-16(14)21(15)29(27-20)19-6-7-25-13-26-19/h6-7,10-11,13H,4-5,8-9,12H2,1-3H3. The molecule has 166 valence electrons. The topological polar surface area (TPSA) is 82.4 Å². The first-order chi connectivity index (χ1) is 15.4. The summed E-state index contributed by atoms with van der Waals surface area (Å²) < 4.78 is 13.7. The van der Waals surface area contributed by atoms with Gasteiger partial charge in [-0.2, -0.15) is 5.10 Å². The third-order valence-corrected chi connectivity index (χ3v) is 6.76. The Balaban J connectivity index is 1.70. The summed E-state index contributed by atoms with van der Waals surface area (Å²) in [6.45, 7) is 5.62. The Kier molecular flexibility index (Phi) is 5.25. The number of hydrogen-bond donors (Lipinski definition) is 0. The molecule has 0 spiro atoms. The van der Waals surface area contributed by atoms with Crippen LogP contribution in [-0.2, 0) is 17.6 Å². The first-order valence-corrected chi connectivity index (χ1v) is 11.3. The molecule has 8 nitrogen and oxygen atoms in total. The fourth-order valence-electron chi connectivity index (χ4n) is 4.51. The monoisotopic (exact) mass is 497 g/mol. The van der Waals surface area contributed by atoms with E-state index in [1.54, 1.807) is 24.1 Å². The lowest BCUT2D eigenvalue weighted by Gasteiger charge is -2.41. The average Bonchev–Trinajstić information content (AvgIpc) is 3.19. The van der Waals surface area contributed by atoms with Crippen molar-refractivity contribution in [2.24, 2.45) is 0 Å². The number of nitrogens with zero attached hydrogens (tertiary/aromatic N) is 5. The van der Waals surface area contributed by atoms with Gasteiger partial charge in [0.05, 0.1) is 36.0 Å². The fourth-order valence-corrected chi connectivity index (χ4v) is 5.02. The Hall–Kier alpha value is -2.78. The Bertz CT molecular complexity index is 1190. The molecule has 2 aliphatic rings. The Labute approximate surface area is 194 Å². The Morgan fingerprint density at radius 1 is 1.28 bits per heavy atom. The number of carbonyl (C=O) groups is 1. The maximum absolute atomic E-state index is 13.7. The summed E-state index contributed by atoms with van der Waals surface area (Å²) >= 11 is 3.61. The second-order valence-corrected chi connectivity index (χ2v) is 9.48. The number of carbonyl (C=O) groups excluding carboxylic acids is 1. The zero-order valence-electron chi connectivity index (χ0n) is 18.3. The molecule has 0 atom stereocenters. The van der Waals surface area contributed by atoms with Crippen molar-refractivity contribution in [1.29, 1.82) is 0 Å². The minimum absolute atomic E-state index is 0.0709. The Morgan fingerprint density at radius 3 is 2.84 bits per heavy atom. The molecule has 1 aliphatic carbocycles. The number of benzene rings is 1. The highest BCUT2D eigenvalue weighted by molar-refractivity contribution is 9.10. The van der Waals surface area contributed by atoms with Crippen LogP contribution >= 0.6 is 15.9 Å². The molecule has 0 saturated carbocycles. The van der Waals surface area contributed by atoms with E-state index in [1.165, 1.54) is 6.33 Å². The van der Waals surface area contributed by atoms with Crippen molar-refractivity contribution in [1.82, 2.24) is 24.6 Å². The van der Waals surface area contributed by atoms with Crippen LogP contribution < -0.4 is 4.74 Å². The van der Waals surface area contributed by atoms with Crippen LogP contribution in [0.2, 0.25) is 0 Å². The molecule has 5 rings (SSSR count). The van der Waals surface area contributed by atoms with Crippen molar-refractivity contribution in [2.45, 2.75) is 32.2 Å². The predicted octanol–water partition coefficient (Wildman–Crippen LogP) is 3.45. The molecule has 2 aromatic heterocycles. The zero-order chi connectivity index (χ0) is 22.5. The van der Waals surface area contributed by atoms with Crippen LogP contribution in [0.4, 0.5) is 0 Å². The van der Waals surface area contributed by atoms with Crippen molar-refractivity contribution in [3.8, 4) is 22.8 Å². The van der Waals surface area contributed by atoms with Crippen LogP contribution in [0.1, 0.15) is 35.5 Å². The number of morpholine rings is 1. The molecule has 9 heteroatoms. The second kappa shape index (κ2) is 7.97. The van der Waals surface area contributed by atoms with Crippen molar-refractivity contribution in [3.63, 3.8) is 0 Å². The van der Waals surface area contributed by atoms with Gasteiger partial charge >= 0.3 is 0 Å².